The molecule has 2 unspecified atom stereocenters. The van der Waals surface area contributed by atoms with Crippen LogP contribution in [0.4, 0.5) is 24.7 Å². The summed E-state index contributed by atoms with van der Waals surface area (Å²) >= 11 is 0. The number of nitrogens with zero attached hydrogens (tertiary/aromatic N) is 2. The predicted octanol–water partition coefficient (Wildman–Crippen LogP) is 4.77. The molecule has 35 heavy (non-hydrogen) atoms. The largest absolute Gasteiger partial charge is 0.385 e. The molecule has 0 spiro atoms. The Morgan fingerprint density at radius 2 is 1.74 bits per heavy atom. The number of rotatable bonds is 4. The van der Waals surface area contributed by atoms with E-state index in [4.69, 9.17) is 5.73 Å². The van der Waals surface area contributed by atoms with Gasteiger partial charge in [0.25, 0.3) is 5.91 Å². The van der Waals surface area contributed by atoms with Crippen LogP contribution in [0.25, 0.3) is 0 Å². The Bertz CT molecular complexity index is 1310. The first-order valence-electron chi connectivity index (χ1n) is 11.6. The maximum absolute atomic E-state index is 13.8. The van der Waals surface area contributed by atoms with Crippen molar-refractivity contribution >= 4 is 17.4 Å². The second-order valence-electron chi connectivity index (χ2n) is 9.94. The van der Waals surface area contributed by atoms with Crippen molar-refractivity contribution in [2.24, 2.45) is 18.9 Å². The lowest BCUT2D eigenvalue weighted by atomic mass is 9.87. The molecular formula is C26H27F3N4O2. The second kappa shape index (κ2) is 8.41. The monoisotopic (exact) mass is 484 g/mol. The fourth-order valence-electron chi connectivity index (χ4n) is 5.90. The van der Waals surface area contributed by atoms with E-state index in [2.05, 4.69) is 10.4 Å². The van der Waals surface area contributed by atoms with Crippen molar-refractivity contribution in [3.05, 3.63) is 76.2 Å². The number of aromatic nitrogens is 2. The number of fused-ring (bicyclic) bond motifs is 1. The molecule has 1 heterocycles. The number of amides is 1. The van der Waals surface area contributed by atoms with Gasteiger partial charge in [-0.3, -0.25) is 9.48 Å². The first kappa shape index (κ1) is 23.4. The molecule has 4 N–H and O–H groups in total. The maximum atomic E-state index is 13.8. The summed E-state index contributed by atoms with van der Waals surface area (Å²) < 4.78 is 42.2. The van der Waals surface area contributed by atoms with Crippen molar-refractivity contribution < 1.29 is 23.1 Å². The molecule has 2 aliphatic rings. The van der Waals surface area contributed by atoms with Gasteiger partial charge < -0.3 is 16.2 Å². The van der Waals surface area contributed by atoms with Gasteiger partial charge in [-0.05, 0) is 85.9 Å². The van der Waals surface area contributed by atoms with E-state index < -0.39 is 23.1 Å². The summed E-state index contributed by atoms with van der Waals surface area (Å²) in [5, 5.41) is 18.6. The molecule has 2 aromatic carbocycles. The zero-order chi connectivity index (χ0) is 25.1. The van der Waals surface area contributed by atoms with Crippen LogP contribution in [0.3, 0.4) is 0 Å². The zero-order valence-electron chi connectivity index (χ0n) is 19.5. The van der Waals surface area contributed by atoms with Crippen molar-refractivity contribution in [1.82, 2.24) is 9.78 Å². The first-order chi connectivity index (χ1) is 16.6. The maximum Gasteiger partial charge on any atom is 0.261 e. The van der Waals surface area contributed by atoms with Gasteiger partial charge in [-0.1, -0.05) is 6.07 Å². The number of benzene rings is 2. The van der Waals surface area contributed by atoms with E-state index in [-0.39, 0.29) is 29.4 Å². The van der Waals surface area contributed by atoms with E-state index >= 15 is 0 Å². The van der Waals surface area contributed by atoms with Crippen LogP contribution in [-0.2, 0) is 12.6 Å². The molecule has 0 aliphatic heterocycles. The zero-order valence-corrected chi connectivity index (χ0v) is 19.5. The number of nitrogens with two attached hydrogens (primary N) is 1. The highest BCUT2D eigenvalue weighted by Crippen LogP contribution is 2.57. The molecule has 2 atom stereocenters. The molecule has 0 bridgehead atoms. The van der Waals surface area contributed by atoms with Crippen LogP contribution in [0, 0.1) is 36.2 Å². The number of aliphatic hydroxyl groups is 1. The fraction of sp³-hybridized carbons (Fsp3) is 0.385. The summed E-state index contributed by atoms with van der Waals surface area (Å²) in [6, 6.07) is 7.90. The first-order valence-corrected chi connectivity index (χ1v) is 11.6. The average molecular weight is 485 g/mol. The molecule has 1 aromatic heterocycles. The number of nitrogens with one attached hydrogen (secondary N) is 1. The summed E-state index contributed by atoms with van der Waals surface area (Å²) in [5.74, 6) is -2.16. The van der Waals surface area contributed by atoms with Crippen molar-refractivity contribution in [2.45, 2.75) is 44.1 Å². The molecule has 6 nitrogen and oxygen atoms in total. The third kappa shape index (κ3) is 4.07. The number of hydrogen-bond donors (Lipinski definition) is 3. The van der Waals surface area contributed by atoms with Crippen LogP contribution in [0.5, 0.6) is 0 Å². The Balaban J connectivity index is 1.35. The summed E-state index contributed by atoms with van der Waals surface area (Å²) in [7, 11) is 1.68. The lowest BCUT2D eigenvalue weighted by molar-refractivity contribution is 0.0340. The molecule has 3 aromatic rings. The number of anilines is 2. The summed E-state index contributed by atoms with van der Waals surface area (Å²) in [4.78, 5) is 13.2. The van der Waals surface area contributed by atoms with Crippen LogP contribution in [-0.4, -0.2) is 20.8 Å². The molecule has 2 saturated carbocycles. The molecule has 0 saturated heterocycles. The molecule has 0 radical (unpaired) electrons. The number of carbonyl (C=O) groups is 1. The van der Waals surface area contributed by atoms with Crippen molar-refractivity contribution in [3.63, 3.8) is 0 Å². The van der Waals surface area contributed by atoms with Gasteiger partial charge in [0.2, 0.25) is 0 Å². The quantitative estimate of drug-likeness (QED) is 0.497. The van der Waals surface area contributed by atoms with Crippen LogP contribution < -0.4 is 11.1 Å². The highest BCUT2D eigenvalue weighted by Gasteiger charge is 2.50. The summed E-state index contributed by atoms with van der Waals surface area (Å²) in [6.07, 6.45) is 2.25. The Hall–Kier alpha value is -3.33. The van der Waals surface area contributed by atoms with Crippen LogP contribution in [0.1, 0.15) is 58.8 Å². The van der Waals surface area contributed by atoms with Gasteiger partial charge in [-0.25, -0.2) is 13.2 Å². The van der Waals surface area contributed by atoms with Crippen molar-refractivity contribution in [2.75, 3.05) is 11.1 Å². The molecule has 1 amide bonds. The van der Waals surface area contributed by atoms with Crippen molar-refractivity contribution in [1.29, 1.82) is 0 Å². The van der Waals surface area contributed by atoms with E-state index in [0.717, 1.165) is 12.1 Å². The van der Waals surface area contributed by atoms with Crippen LogP contribution in [0.15, 0.2) is 36.4 Å². The van der Waals surface area contributed by atoms with Gasteiger partial charge in [-0.2, -0.15) is 5.10 Å². The number of carbonyl (C=O) groups excluding carboxylic acids is 1. The summed E-state index contributed by atoms with van der Waals surface area (Å²) in [5.41, 5.74) is 7.17. The minimum atomic E-state index is -1.21. The minimum Gasteiger partial charge on any atom is -0.385 e. The van der Waals surface area contributed by atoms with Gasteiger partial charge in [0.05, 0.1) is 11.3 Å². The highest BCUT2D eigenvalue weighted by atomic mass is 19.2. The van der Waals surface area contributed by atoms with E-state index in [9.17, 15) is 23.1 Å². The number of halogens is 3. The summed E-state index contributed by atoms with van der Waals surface area (Å²) in [6.45, 7) is 1.62. The van der Waals surface area contributed by atoms with Gasteiger partial charge in [0.15, 0.2) is 11.6 Å². The Morgan fingerprint density at radius 3 is 2.37 bits per heavy atom. The Morgan fingerprint density at radius 1 is 1.09 bits per heavy atom. The number of aryl methyl sites for hydroxylation is 2. The SMILES string of the molecule is Cc1cc(NC(=O)c2c(C3CC4CC(O)(c5ccc(F)c(F)c5)CC4C3)nn(C)c2N)ccc1F. The standard InChI is InChI=1S/C26H27F3N4O2/c1-13-7-18(4-6-19(13)27)31-25(34)22-23(32-33(2)24(22)30)14-8-15-11-26(35,12-16(15)9-14)17-3-5-20(28)21(29)10-17/h3-7,10,14-16,35H,8-9,11-12,30H2,1-2H3,(H,31,34). The Labute approximate surface area is 200 Å². The van der Waals surface area contributed by atoms with Crippen LogP contribution >= 0.6 is 0 Å². The molecule has 9 heteroatoms. The average Bonchev–Trinajstić information content (AvgIpc) is 3.42. The minimum absolute atomic E-state index is 0.0290. The normalized spacial score (nSPS) is 25.6. The van der Waals surface area contributed by atoms with Gasteiger partial charge in [-0.15, -0.1) is 0 Å². The van der Waals surface area contributed by atoms with E-state index in [1.165, 1.54) is 22.9 Å². The molecule has 2 aliphatic carbocycles. The van der Waals surface area contributed by atoms with E-state index in [0.29, 0.717) is 53.8 Å². The topological polar surface area (TPSA) is 93.2 Å². The van der Waals surface area contributed by atoms with Gasteiger partial charge in [0, 0.05) is 18.7 Å². The van der Waals surface area contributed by atoms with Gasteiger partial charge in [0.1, 0.15) is 17.2 Å². The molecule has 184 valence electrons. The number of nitrogen functional groups attached to an aromatic ring is 1. The molecule has 5 rings (SSSR count). The van der Waals surface area contributed by atoms with E-state index in [1.54, 1.807) is 20.0 Å². The number of hydrogen-bond acceptors (Lipinski definition) is 4. The lowest BCUT2D eigenvalue weighted by Gasteiger charge is -2.25. The van der Waals surface area contributed by atoms with Crippen molar-refractivity contribution in [3.8, 4) is 0 Å². The molecule has 2 fully saturated rings. The third-order valence-electron chi connectivity index (χ3n) is 7.65. The lowest BCUT2D eigenvalue weighted by Crippen LogP contribution is -2.23. The Kier molecular flexibility index (Phi) is 5.62. The highest BCUT2D eigenvalue weighted by molar-refractivity contribution is 6.08. The van der Waals surface area contributed by atoms with Gasteiger partial charge >= 0.3 is 0 Å². The predicted molar refractivity (Wildman–Crippen MR) is 125 cm³/mol. The fourth-order valence-corrected chi connectivity index (χ4v) is 5.90. The molecular weight excluding hydrogens is 457 g/mol. The van der Waals surface area contributed by atoms with Crippen LogP contribution in [0.2, 0.25) is 0 Å². The smallest absolute Gasteiger partial charge is 0.261 e. The second-order valence-corrected chi connectivity index (χ2v) is 9.94. The third-order valence-corrected chi connectivity index (χ3v) is 7.65. The van der Waals surface area contributed by atoms with E-state index in [1.807, 2.05) is 0 Å².